The second-order valence-electron chi connectivity index (χ2n) is 7.73. The monoisotopic (exact) mass is 443 g/mol. The van der Waals surface area contributed by atoms with E-state index in [1.165, 1.54) is 0 Å². The molecule has 0 spiro atoms. The van der Waals surface area contributed by atoms with E-state index >= 15 is 0 Å². The summed E-state index contributed by atoms with van der Waals surface area (Å²) in [5.74, 6) is 1.50. The van der Waals surface area contributed by atoms with Gasteiger partial charge in [0.1, 0.15) is 12.2 Å². The number of likely N-dealkylation sites (N-methyl/N-ethyl adjacent to an activating group) is 1. The van der Waals surface area contributed by atoms with E-state index in [-0.39, 0.29) is 0 Å². The summed E-state index contributed by atoms with van der Waals surface area (Å²) in [7, 11) is 4.16. The van der Waals surface area contributed by atoms with E-state index in [0.717, 1.165) is 79.5 Å². The fourth-order valence-electron chi connectivity index (χ4n) is 4.28. The first-order valence-corrected chi connectivity index (χ1v) is 10.6. The lowest BCUT2D eigenvalue weighted by Crippen LogP contribution is -2.44. The molecular formula is C20H26BrN7. The first kappa shape index (κ1) is 19.2. The number of anilines is 2. The highest BCUT2D eigenvalue weighted by Crippen LogP contribution is 2.45. The van der Waals surface area contributed by atoms with Crippen LogP contribution in [0, 0.1) is 6.57 Å². The van der Waals surface area contributed by atoms with Crippen LogP contribution in [0.3, 0.4) is 0 Å². The molecule has 2 fully saturated rings. The van der Waals surface area contributed by atoms with E-state index in [2.05, 4.69) is 64.9 Å². The SMILES string of the molecule is [C-]#[N+]c1c(N2CCN(C)CC2)ccc(Br)c1N1CCC(c2nncn2C)CC1. The molecule has 2 aliphatic rings. The molecule has 7 nitrogen and oxygen atoms in total. The molecule has 0 N–H and O–H groups in total. The molecule has 1 aromatic carbocycles. The minimum Gasteiger partial charge on any atom is -0.379 e. The summed E-state index contributed by atoms with van der Waals surface area (Å²) in [5, 5.41) is 8.32. The lowest BCUT2D eigenvalue weighted by atomic mass is 9.95. The molecule has 2 saturated heterocycles. The van der Waals surface area contributed by atoms with Crippen LogP contribution in [0.25, 0.3) is 4.85 Å². The third-order valence-corrected chi connectivity index (χ3v) is 6.60. The standard InChI is InChI=1S/C20H26BrN7/c1-22-18-17(27-12-10-25(2)11-13-27)5-4-16(21)19(18)28-8-6-15(7-9-28)20-24-23-14-26(20)3/h4-5,14-15H,6-13H2,2-3H3. The summed E-state index contributed by atoms with van der Waals surface area (Å²) < 4.78 is 3.03. The Balaban J connectivity index is 1.57. The molecule has 0 bridgehead atoms. The summed E-state index contributed by atoms with van der Waals surface area (Å²) >= 11 is 3.72. The van der Waals surface area contributed by atoms with Gasteiger partial charge in [-0.25, -0.2) is 4.85 Å². The number of hydrogen-bond donors (Lipinski definition) is 0. The van der Waals surface area contributed by atoms with Gasteiger partial charge in [0, 0.05) is 62.4 Å². The zero-order valence-corrected chi connectivity index (χ0v) is 18.1. The Morgan fingerprint density at radius 3 is 2.36 bits per heavy atom. The number of aromatic nitrogens is 3. The number of piperazine rings is 1. The fraction of sp³-hybridized carbons (Fsp3) is 0.550. The average Bonchev–Trinajstić information content (AvgIpc) is 3.14. The average molecular weight is 444 g/mol. The molecule has 0 atom stereocenters. The predicted octanol–water partition coefficient (Wildman–Crippen LogP) is 3.26. The van der Waals surface area contributed by atoms with Gasteiger partial charge in [0.15, 0.2) is 0 Å². The van der Waals surface area contributed by atoms with E-state index in [9.17, 15) is 0 Å². The van der Waals surface area contributed by atoms with Crippen molar-refractivity contribution in [3.05, 3.63) is 40.2 Å². The maximum absolute atomic E-state index is 7.90. The molecule has 0 saturated carbocycles. The number of nitrogens with zero attached hydrogens (tertiary/aromatic N) is 7. The molecule has 0 radical (unpaired) electrons. The van der Waals surface area contributed by atoms with Crippen LogP contribution in [0.4, 0.5) is 17.1 Å². The first-order valence-electron chi connectivity index (χ1n) is 9.80. The van der Waals surface area contributed by atoms with Gasteiger partial charge < -0.3 is 19.3 Å². The molecule has 4 rings (SSSR count). The molecule has 1 aromatic heterocycles. The number of rotatable bonds is 3. The second-order valence-corrected chi connectivity index (χ2v) is 8.58. The maximum Gasteiger partial charge on any atom is 0.233 e. The van der Waals surface area contributed by atoms with Crippen molar-refractivity contribution in [3.63, 3.8) is 0 Å². The molecule has 0 unspecified atom stereocenters. The largest absolute Gasteiger partial charge is 0.379 e. The van der Waals surface area contributed by atoms with Gasteiger partial charge in [-0.3, -0.25) is 0 Å². The Kier molecular flexibility index (Phi) is 5.56. The van der Waals surface area contributed by atoms with Crippen molar-refractivity contribution in [2.75, 3.05) is 56.1 Å². The van der Waals surface area contributed by atoms with Crippen molar-refractivity contribution in [2.24, 2.45) is 7.05 Å². The van der Waals surface area contributed by atoms with Crippen LogP contribution in [0.5, 0.6) is 0 Å². The van der Waals surface area contributed by atoms with Gasteiger partial charge in [-0.2, -0.15) is 0 Å². The highest BCUT2D eigenvalue weighted by atomic mass is 79.9. The summed E-state index contributed by atoms with van der Waals surface area (Å²) in [6, 6.07) is 4.20. The van der Waals surface area contributed by atoms with Crippen LogP contribution in [0.2, 0.25) is 0 Å². The third kappa shape index (κ3) is 3.61. The molecular weight excluding hydrogens is 418 g/mol. The maximum atomic E-state index is 7.90. The Bertz CT molecular complexity index is 871. The van der Waals surface area contributed by atoms with E-state index < -0.39 is 0 Å². The highest BCUT2D eigenvalue weighted by molar-refractivity contribution is 9.10. The van der Waals surface area contributed by atoms with Crippen molar-refractivity contribution in [1.29, 1.82) is 0 Å². The van der Waals surface area contributed by atoms with Gasteiger partial charge in [0.25, 0.3) is 0 Å². The Labute approximate surface area is 174 Å². The van der Waals surface area contributed by atoms with Crippen molar-refractivity contribution in [1.82, 2.24) is 19.7 Å². The van der Waals surface area contributed by atoms with E-state index in [4.69, 9.17) is 6.57 Å². The van der Waals surface area contributed by atoms with Crippen molar-refractivity contribution in [2.45, 2.75) is 18.8 Å². The lowest BCUT2D eigenvalue weighted by molar-refractivity contribution is 0.313. The quantitative estimate of drug-likeness (QED) is 0.681. The minimum absolute atomic E-state index is 0.430. The molecule has 0 amide bonds. The van der Waals surface area contributed by atoms with Gasteiger partial charge in [-0.1, -0.05) is 15.9 Å². The van der Waals surface area contributed by atoms with E-state index in [1.807, 2.05) is 11.6 Å². The molecule has 2 aliphatic heterocycles. The van der Waals surface area contributed by atoms with Gasteiger partial charge in [0.05, 0.1) is 12.3 Å². The van der Waals surface area contributed by atoms with Gasteiger partial charge >= 0.3 is 0 Å². The topological polar surface area (TPSA) is 44.8 Å². The van der Waals surface area contributed by atoms with Crippen LogP contribution in [-0.4, -0.2) is 66.0 Å². The zero-order valence-electron chi connectivity index (χ0n) is 16.5. The normalized spacial score (nSPS) is 19.1. The number of halogens is 1. The number of hydrogen-bond acceptors (Lipinski definition) is 5. The summed E-state index contributed by atoms with van der Waals surface area (Å²) in [6.07, 6.45) is 3.82. The number of piperidine rings is 1. The number of aryl methyl sites for hydroxylation is 1. The van der Waals surface area contributed by atoms with Gasteiger partial charge in [0.2, 0.25) is 5.69 Å². The van der Waals surface area contributed by atoms with Crippen molar-refractivity contribution in [3.8, 4) is 0 Å². The minimum atomic E-state index is 0.430. The molecule has 28 heavy (non-hydrogen) atoms. The fourth-order valence-corrected chi connectivity index (χ4v) is 4.85. The van der Waals surface area contributed by atoms with E-state index in [1.54, 1.807) is 6.33 Å². The summed E-state index contributed by atoms with van der Waals surface area (Å²) in [5.41, 5.74) is 2.88. The summed E-state index contributed by atoms with van der Waals surface area (Å²) in [6.45, 7) is 13.7. The van der Waals surface area contributed by atoms with Crippen LogP contribution < -0.4 is 9.80 Å². The van der Waals surface area contributed by atoms with Crippen LogP contribution in [0.1, 0.15) is 24.6 Å². The number of benzene rings is 1. The smallest absolute Gasteiger partial charge is 0.233 e. The highest BCUT2D eigenvalue weighted by Gasteiger charge is 2.28. The van der Waals surface area contributed by atoms with Crippen LogP contribution in [-0.2, 0) is 7.05 Å². The Morgan fingerprint density at radius 2 is 1.75 bits per heavy atom. The predicted molar refractivity (Wildman–Crippen MR) is 115 cm³/mol. The zero-order chi connectivity index (χ0) is 19.7. The first-order chi connectivity index (χ1) is 13.6. The third-order valence-electron chi connectivity index (χ3n) is 5.96. The van der Waals surface area contributed by atoms with Crippen LogP contribution in [0.15, 0.2) is 22.9 Å². The van der Waals surface area contributed by atoms with Crippen molar-refractivity contribution < 1.29 is 0 Å². The molecule has 8 heteroatoms. The van der Waals surface area contributed by atoms with E-state index in [0.29, 0.717) is 5.92 Å². The summed E-state index contributed by atoms with van der Waals surface area (Å²) in [4.78, 5) is 11.0. The second kappa shape index (κ2) is 8.10. The molecule has 0 aliphatic carbocycles. The van der Waals surface area contributed by atoms with Crippen LogP contribution >= 0.6 is 15.9 Å². The molecule has 3 heterocycles. The Hall–Kier alpha value is -2.11. The molecule has 2 aromatic rings. The Morgan fingerprint density at radius 1 is 1.04 bits per heavy atom. The van der Waals surface area contributed by atoms with Gasteiger partial charge in [-0.15, -0.1) is 10.2 Å². The van der Waals surface area contributed by atoms with Gasteiger partial charge in [-0.05, 0) is 32.0 Å². The molecule has 148 valence electrons. The van der Waals surface area contributed by atoms with Crippen molar-refractivity contribution >= 4 is 33.0 Å². The lowest BCUT2D eigenvalue weighted by Gasteiger charge is -2.38.